The summed E-state index contributed by atoms with van der Waals surface area (Å²) in [5, 5.41) is 2.93. The number of nitrogen functional groups attached to an aromatic ring is 1. The highest BCUT2D eigenvalue weighted by molar-refractivity contribution is 7.92. The Morgan fingerprint density at radius 1 is 1.02 bits per heavy atom. The van der Waals surface area contributed by atoms with Gasteiger partial charge in [-0.3, -0.25) is 4.79 Å². The Morgan fingerprint density at radius 3 is 2.39 bits per heavy atom. The number of benzene rings is 2. The van der Waals surface area contributed by atoms with Crippen LogP contribution >= 0.6 is 0 Å². The molecule has 5 heterocycles. The van der Waals surface area contributed by atoms with Crippen molar-refractivity contribution < 1.29 is 22.7 Å². The number of nitrogens with two attached hydrogens (primary N) is 1. The van der Waals surface area contributed by atoms with Crippen molar-refractivity contribution in [2.24, 2.45) is 0 Å². The molecule has 2 atom stereocenters. The maximum Gasteiger partial charge on any atom is 0.278 e. The highest BCUT2D eigenvalue weighted by Gasteiger charge is 2.58. The lowest BCUT2D eigenvalue weighted by molar-refractivity contribution is -0.215. The van der Waals surface area contributed by atoms with Crippen LogP contribution in [-0.4, -0.2) is 60.4 Å². The normalized spacial score (nSPS) is 23.4. The second-order valence-corrected chi connectivity index (χ2v) is 14.2. The van der Waals surface area contributed by atoms with Gasteiger partial charge in [0.2, 0.25) is 9.84 Å². The molecular formula is C33H45N5O5S. The van der Waals surface area contributed by atoms with E-state index in [9.17, 15) is 13.2 Å². The van der Waals surface area contributed by atoms with E-state index in [1.54, 1.807) is 37.3 Å². The Hall–Kier alpha value is -3.54. The molecule has 238 valence electrons. The molecule has 1 amide bonds. The summed E-state index contributed by atoms with van der Waals surface area (Å²) in [6.07, 6.45) is 6.38. The molecule has 2 aromatic carbocycles. The summed E-state index contributed by atoms with van der Waals surface area (Å²) in [6, 6.07) is 12.0. The van der Waals surface area contributed by atoms with Crippen LogP contribution in [0.3, 0.4) is 0 Å². The fourth-order valence-corrected chi connectivity index (χ4v) is 7.67. The van der Waals surface area contributed by atoms with E-state index in [4.69, 9.17) is 15.2 Å². The maximum absolute atomic E-state index is 13.5. The molecule has 0 saturated carbocycles. The van der Waals surface area contributed by atoms with E-state index in [0.717, 1.165) is 37.7 Å². The monoisotopic (exact) mass is 623 g/mol. The van der Waals surface area contributed by atoms with Crippen LogP contribution in [0.15, 0.2) is 53.6 Å². The lowest BCUT2D eigenvalue weighted by Crippen LogP contribution is -2.60. The van der Waals surface area contributed by atoms with Crippen LogP contribution in [0.5, 0.6) is 5.75 Å². The van der Waals surface area contributed by atoms with Crippen molar-refractivity contribution in [3.8, 4) is 17.0 Å². The number of ether oxygens (including phenoxy) is 2. The molecular weight excluding hydrogens is 578 g/mol. The largest absolute Gasteiger partial charge is 0.491 e. The first-order valence-electron chi connectivity index (χ1n) is 15.3. The number of carbonyl (C=O) groups is 1. The fourth-order valence-electron chi connectivity index (χ4n) is 5.87. The highest BCUT2D eigenvalue weighted by Crippen LogP contribution is 2.49. The molecule has 4 aliphatic heterocycles. The second-order valence-electron chi connectivity index (χ2n) is 11.9. The van der Waals surface area contributed by atoms with Gasteiger partial charge in [-0.15, -0.1) is 0 Å². The average molecular weight is 624 g/mol. The number of sulfone groups is 1. The summed E-state index contributed by atoms with van der Waals surface area (Å²) >= 11 is 0. The highest BCUT2D eigenvalue weighted by atomic mass is 32.2. The Balaban J connectivity index is 0.00000216. The van der Waals surface area contributed by atoms with Gasteiger partial charge in [-0.05, 0) is 59.0 Å². The molecule has 1 saturated heterocycles. The van der Waals surface area contributed by atoms with Crippen molar-refractivity contribution in [3.63, 3.8) is 0 Å². The van der Waals surface area contributed by atoms with Crippen molar-refractivity contribution in [1.82, 2.24) is 14.9 Å². The molecule has 4 aliphatic rings. The van der Waals surface area contributed by atoms with Gasteiger partial charge >= 0.3 is 0 Å². The second kappa shape index (κ2) is 13.6. The fraction of sp³-hybridized carbons (Fsp3) is 0.485. The molecule has 6 bridgehead atoms. The number of hydrogen-bond donors (Lipinski definition) is 2. The molecule has 0 spiro atoms. The summed E-state index contributed by atoms with van der Waals surface area (Å²) in [5.74, 6) is 0.0823. The van der Waals surface area contributed by atoms with Crippen molar-refractivity contribution in [2.75, 3.05) is 31.8 Å². The van der Waals surface area contributed by atoms with E-state index in [-0.39, 0.29) is 16.4 Å². The number of amides is 1. The van der Waals surface area contributed by atoms with Crippen LogP contribution in [-0.2, 0) is 21.1 Å². The number of nitrogens with one attached hydrogen (secondary N) is 1. The average Bonchev–Trinajstić information content (AvgIpc) is 2.97. The van der Waals surface area contributed by atoms with E-state index in [1.807, 2.05) is 51.9 Å². The Kier molecular flexibility index (Phi) is 10.3. The summed E-state index contributed by atoms with van der Waals surface area (Å²) < 4.78 is 39.4. The molecule has 7 rings (SSSR count). The number of anilines is 2. The van der Waals surface area contributed by atoms with Crippen LogP contribution in [0.4, 0.5) is 11.5 Å². The van der Waals surface area contributed by atoms with Gasteiger partial charge in [0, 0.05) is 24.1 Å². The van der Waals surface area contributed by atoms with Crippen molar-refractivity contribution >= 4 is 27.2 Å². The smallest absolute Gasteiger partial charge is 0.278 e. The van der Waals surface area contributed by atoms with Crippen LogP contribution in [0.25, 0.3) is 11.3 Å². The van der Waals surface area contributed by atoms with E-state index in [2.05, 4.69) is 15.3 Å². The molecule has 1 fully saturated rings. The van der Waals surface area contributed by atoms with Crippen LogP contribution in [0.2, 0.25) is 0 Å². The van der Waals surface area contributed by atoms with Gasteiger partial charge in [0.1, 0.15) is 5.75 Å². The number of fused-ring (bicyclic) bond motifs is 1. The zero-order valence-corrected chi connectivity index (χ0v) is 27.5. The lowest BCUT2D eigenvalue weighted by atomic mass is 9.86. The predicted octanol–water partition coefficient (Wildman–Crippen LogP) is 6.08. The molecule has 44 heavy (non-hydrogen) atoms. The molecule has 0 aliphatic carbocycles. The van der Waals surface area contributed by atoms with Crippen molar-refractivity contribution in [1.29, 1.82) is 0 Å². The third kappa shape index (κ3) is 7.06. The van der Waals surface area contributed by atoms with Crippen LogP contribution < -0.4 is 15.8 Å². The van der Waals surface area contributed by atoms with Crippen LogP contribution in [0, 0.1) is 0 Å². The molecule has 3 N–H and O–H groups in total. The number of para-hydroxylation sites is 1. The predicted molar refractivity (Wildman–Crippen MR) is 173 cm³/mol. The van der Waals surface area contributed by atoms with Gasteiger partial charge in [-0.2, -0.15) is 0 Å². The van der Waals surface area contributed by atoms with Gasteiger partial charge in [-0.1, -0.05) is 57.4 Å². The van der Waals surface area contributed by atoms with Gasteiger partial charge in [0.05, 0.1) is 34.7 Å². The molecule has 1 aromatic heterocycles. The van der Waals surface area contributed by atoms with E-state index < -0.39 is 26.3 Å². The minimum Gasteiger partial charge on any atom is -0.491 e. The maximum atomic E-state index is 13.5. The zero-order chi connectivity index (χ0) is 32.1. The first-order valence-corrected chi connectivity index (χ1v) is 16.8. The minimum absolute atomic E-state index is 0.0186. The van der Waals surface area contributed by atoms with Crippen molar-refractivity contribution in [2.45, 2.75) is 88.2 Å². The summed E-state index contributed by atoms with van der Waals surface area (Å²) in [5.41, 5.74) is 8.04. The van der Waals surface area contributed by atoms with E-state index in [1.165, 1.54) is 6.20 Å². The Labute approximate surface area is 261 Å². The van der Waals surface area contributed by atoms with Gasteiger partial charge in [0.25, 0.3) is 5.91 Å². The van der Waals surface area contributed by atoms with E-state index in [0.29, 0.717) is 42.3 Å². The molecule has 3 aromatic rings. The van der Waals surface area contributed by atoms with Gasteiger partial charge in [0.15, 0.2) is 16.4 Å². The minimum atomic E-state index is -3.74. The molecule has 2 unspecified atom stereocenters. The third-order valence-corrected chi connectivity index (χ3v) is 10.1. The lowest BCUT2D eigenvalue weighted by Gasteiger charge is -2.52. The first-order chi connectivity index (χ1) is 20.9. The number of nitrogens with zero attached hydrogens (tertiary/aromatic N) is 3. The standard InChI is InChI=1S/C31H39N5O5S.C2H6/c1-30-16-7-5-6-8-17-40-27-22(19-36(3)4)10-9-11-24(27)35-29(37)26-28(32)33-18-25(34-26)21-12-14-23(15-13-21)42(38,39)31(2,20-30)41-30;1-2/h9-15,18H,5-8,16-17,19-20H2,1-4H3,(H2,32,33)(H,35,37);1-2H3. The third-order valence-electron chi connectivity index (χ3n) is 7.88. The SMILES string of the molecule is CC.CN(C)Cc1cccc2c1OCCCCCCC1(C)CC(C)(O1)S(=O)(=O)c1ccc(cc1)-c1cnc(N)c(n1)C(=O)N2. The molecule has 11 heteroatoms. The quantitative estimate of drug-likeness (QED) is 0.348. The zero-order valence-electron chi connectivity index (χ0n) is 26.6. The van der Waals surface area contributed by atoms with Gasteiger partial charge in [-0.25, -0.2) is 18.4 Å². The van der Waals surface area contributed by atoms with E-state index >= 15 is 0 Å². The summed E-state index contributed by atoms with van der Waals surface area (Å²) in [6.45, 7) is 8.76. The topological polar surface area (TPSA) is 137 Å². The molecule has 10 nitrogen and oxygen atoms in total. The summed E-state index contributed by atoms with van der Waals surface area (Å²) in [4.78, 5) is 23.1. The molecule has 0 radical (unpaired) electrons. The van der Waals surface area contributed by atoms with Crippen LogP contribution in [0.1, 0.15) is 82.3 Å². The number of rotatable bonds is 2. The van der Waals surface area contributed by atoms with Crippen molar-refractivity contribution in [3.05, 3.63) is 59.9 Å². The van der Waals surface area contributed by atoms with Gasteiger partial charge < -0.3 is 25.4 Å². The Bertz CT molecular complexity index is 1570. The number of carbonyl (C=O) groups excluding carboxylic acids is 1. The first kappa shape index (κ1) is 33.4. The summed E-state index contributed by atoms with van der Waals surface area (Å²) in [7, 11) is 0.217. The number of hydrogen-bond acceptors (Lipinski definition) is 9. The number of aromatic nitrogens is 2. The Morgan fingerprint density at radius 2 is 1.70 bits per heavy atom.